The summed E-state index contributed by atoms with van der Waals surface area (Å²) in [5.74, 6) is -0.826. The lowest BCUT2D eigenvalue weighted by Gasteiger charge is -2.05. The van der Waals surface area contributed by atoms with Crippen molar-refractivity contribution < 1.29 is 9.18 Å². The van der Waals surface area contributed by atoms with Gasteiger partial charge in [0.2, 0.25) is 0 Å². The van der Waals surface area contributed by atoms with Crippen LogP contribution < -0.4 is 5.32 Å². The maximum atomic E-state index is 13.3. The van der Waals surface area contributed by atoms with Crippen LogP contribution >= 0.6 is 31.9 Å². The van der Waals surface area contributed by atoms with Crippen molar-refractivity contribution in [2.45, 2.75) is 0 Å². The van der Waals surface area contributed by atoms with E-state index < -0.39 is 11.7 Å². The first-order chi connectivity index (χ1) is 8.56. The Hall–Kier alpha value is -1.27. The largest absolute Gasteiger partial charge is 0.321 e. The molecule has 0 atom stereocenters. The first kappa shape index (κ1) is 13.2. The number of hydrogen-bond donors (Lipinski definition) is 1. The number of anilines is 1. The molecule has 0 aliphatic rings. The Morgan fingerprint density at radius 3 is 2.67 bits per heavy atom. The molecule has 0 aliphatic heterocycles. The minimum Gasteiger partial charge on any atom is -0.321 e. The molecule has 1 heterocycles. The van der Waals surface area contributed by atoms with Crippen LogP contribution in [0.5, 0.6) is 0 Å². The molecule has 0 spiro atoms. The maximum Gasteiger partial charge on any atom is 0.274 e. The first-order valence-electron chi connectivity index (χ1n) is 4.95. The Bertz CT molecular complexity index is 604. The second kappa shape index (κ2) is 5.58. The molecule has 0 saturated carbocycles. The average molecular weight is 374 g/mol. The molecular formula is C12H7Br2FN2O. The third-order valence-electron chi connectivity index (χ3n) is 2.13. The number of pyridine rings is 1. The van der Waals surface area contributed by atoms with E-state index in [4.69, 9.17) is 0 Å². The van der Waals surface area contributed by atoms with Crippen molar-refractivity contribution in [3.8, 4) is 0 Å². The van der Waals surface area contributed by atoms with Gasteiger partial charge in [0.15, 0.2) is 0 Å². The molecule has 3 nitrogen and oxygen atoms in total. The van der Waals surface area contributed by atoms with Gasteiger partial charge in [0.25, 0.3) is 5.91 Å². The molecule has 0 bridgehead atoms. The van der Waals surface area contributed by atoms with Crippen LogP contribution in [0, 0.1) is 5.82 Å². The van der Waals surface area contributed by atoms with Crippen LogP contribution in [0.2, 0.25) is 0 Å². The fourth-order valence-corrected chi connectivity index (χ4v) is 1.89. The predicted molar refractivity (Wildman–Crippen MR) is 74.0 cm³/mol. The van der Waals surface area contributed by atoms with Crippen LogP contribution in [-0.2, 0) is 0 Å². The van der Waals surface area contributed by atoms with E-state index in [1.807, 2.05) is 0 Å². The molecule has 1 aromatic heterocycles. The third-order valence-corrected chi connectivity index (χ3v) is 3.21. The second-order valence-corrected chi connectivity index (χ2v) is 5.10. The standard InChI is InChI=1S/C12H7Br2FN2O/c13-8-5-4-7(6-9(8)15)16-12(18)10-2-1-3-11(14)17-10/h1-6H,(H,16,18). The number of nitrogens with zero attached hydrogens (tertiary/aromatic N) is 1. The number of benzene rings is 1. The smallest absolute Gasteiger partial charge is 0.274 e. The third kappa shape index (κ3) is 3.14. The van der Waals surface area contributed by atoms with Crippen molar-refractivity contribution in [1.29, 1.82) is 0 Å². The zero-order chi connectivity index (χ0) is 13.1. The number of carbonyl (C=O) groups is 1. The minimum atomic E-state index is -0.435. The highest BCUT2D eigenvalue weighted by Gasteiger charge is 2.09. The van der Waals surface area contributed by atoms with Gasteiger partial charge in [-0.05, 0) is 62.2 Å². The highest BCUT2D eigenvalue weighted by Crippen LogP contribution is 2.19. The van der Waals surface area contributed by atoms with Crippen molar-refractivity contribution in [2.24, 2.45) is 0 Å². The zero-order valence-corrected chi connectivity index (χ0v) is 12.1. The van der Waals surface area contributed by atoms with E-state index in [9.17, 15) is 9.18 Å². The summed E-state index contributed by atoms with van der Waals surface area (Å²) < 4.78 is 14.2. The van der Waals surface area contributed by atoms with Crippen LogP contribution in [0.1, 0.15) is 10.5 Å². The summed E-state index contributed by atoms with van der Waals surface area (Å²) in [6, 6.07) is 9.36. The van der Waals surface area contributed by atoms with Crippen molar-refractivity contribution in [1.82, 2.24) is 4.98 Å². The summed E-state index contributed by atoms with van der Waals surface area (Å²) in [4.78, 5) is 15.8. The second-order valence-electron chi connectivity index (χ2n) is 3.43. The van der Waals surface area contributed by atoms with Crippen LogP contribution in [0.3, 0.4) is 0 Å². The van der Waals surface area contributed by atoms with E-state index in [2.05, 4.69) is 42.2 Å². The summed E-state index contributed by atoms with van der Waals surface area (Å²) in [6.45, 7) is 0. The zero-order valence-electron chi connectivity index (χ0n) is 8.95. The number of amides is 1. The average Bonchev–Trinajstić information content (AvgIpc) is 2.34. The van der Waals surface area contributed by atoms with Gasteiger partial charge in [-0.1, -0.05) is 6.07 Å². The molecule has 0 saturated heterocycles. The number of nitrogens with one attached hydrogen (secondary N) is 1. The van der Waals surface area contributed by atoms with Gasteiger partial charge in [0.05, 0.1) is 4.47 Å². The highest BCUT2D eigenvalue weighted by atomic mass is 79.9. The van der Waals surface area contributed by atoms with E-state index in [0.717, 1.165) is 0 Å². The summed E-state index contributed by atoms with van der Waals surface area (Å²) in [5, 5.41) is 2.57. The Kier molecular flexibility index (Phi) is 4.08. The molecule has 0 fully saturated rings. The molecule has 18 heavy (non-hydrogen) atoms. The summed E-state index contributed by atoms with van der Waals surface area (Å²) in [6.07, 6.45) is 0. The Morgan fingerprint density at radius 1 is 1.22 bits per heavy atom. The molecule has 0 aliphatic carbocycles. The summed E-state index contributed by atoms with van der Waals surface area (Å²) in [7, 11) is 0. The van der Waals surface area contributed by atoms with E-state index in [1.54, 1.807) is 24.3 Å². The Balaban J connectivity index is 2.18. The number of carbonyl (C=O) groups excluding carboxylic acids is 1. The van der Waals surface area contributed by atoms with Gasteiger partial charge in [-0.3, -0.25) is 4.79 Å². The fourth-order valence-electron chi connectivity index (χ4n) is 1.30. The lowest BCUT2D eigenvalue weighted by atomic mass is 10.3. The highest BCUT2D eigenvalue weighted by molar-refractivity contribution is 9.10. The molecule has 0 radical (unpaired) electrons. The molecular weight excluding hydrogens is 367 g/mol. The summed E-state index contributed by atoms with van der Waals surface area (Å²) >= 11 is 6.22. The monoisotopic (exact) mass is 372 g/mol. The van der Waals surface area contributed by atoms with Gasteiger partial charge in [-0.15, -0.1) is 0 Å². The van der Waals surface area contributed by atoms with Gasteiger partial charge in [0.1, 0.15) is 16.1 Å². The van der Waals surface area contributed by atoms with Gasteiger partial charge in [-0.2, -0.15) is 0 Å². The first-order valence-corrected chi connectivity index (χ1v) is 6.54. The van der Waals surface area contributed by atoms with E-state index in [0.29, 0.717) is 14.8 Å². The quantitative estimate of drug-likeness (QED) is 0.808. The molecule has 0 unspecified atom stereocenters. The van der Waals surface area contributed by atoms with Crippen molar-refractivity contribution in [3.63, 3.8) is 0 Å². The van der Waals surface area contributed by atoms with Crippen LogP contribution in [0.4, 0.5) is 10.1 Å². The van der Waals surface area contributed by atoms with E-state index >= 15 is 0 Å². The normalized spacial score (nSPS) is 10.2. The minimum absolute atomic E-state index is 0.257. The number of halogens is 3. The molecule has 2 aromatic rings. The lowest BCUT2D eigenvalue weighted by molar-refractivity contribution is 0.102. The molecule has 6 heteroatoms. The van der Waals surface area contributed by atoms with Crippen LogP contribution in [0.25, 0.3) is 0 Å². The fraction of sp³-hybridized carbons (Fsp3) is 0. The van der Waals surface area contributed by atoms with Crippen LogP contribution in [0.15, 0.2) is 45.5 Å². The van der Waals surface area contributed by atoms with Crippen LogP contribution in [-0.4, -0.2) is 10.9 Å². The Labute approximate surface area is 120 Å². The van der Waals surface area contributed by atoms with Crippen molar-refractivity contribution in [3.05, 3.63) is 57.0 Å². The lowest BCUT2D eigenvalue weighted by Crippen LogP contribution is -2.13. The maximum absolute atomic E-state index is 13.3. The molecule has 2 rings (SSSR count). The molecule has 92 valence electrons. The van der Waals surface area contributed by atoms with E-state index in [-0.39, 0.29) is 5.69 Å². The number of rotatable bonds is 2. The SMILES string of the molecule is O=C(Nc1ccc(Br)c(F)c1)c1cccc(Br)n1. The number of aromatic nitrogens is 1. The summed E-state index contributed by atoms with van der Waals surface area (Å²) in [5.41, 5.74) is 0.634. The van der Waals surface area contributed by atoms with E-state index in [1.165, 1.54) is 12.1 Å². The van der Waals surface area contributed by atoms with Gasteiger partial charge in [-0.25, -0.2) is 9.37 Å². The van der Waals surface area contributed by atoms with Crippen molar-refractivity contribution >= 4 is 43.5 Å². The van der Waals surface area contributed by atoms with Gasteiger partial charge >= 0.3 is 0 Å². The van der Waals surface area contributed by atoms with Gasteiger partial charge < -0.3 is 5.32 Å². The molecule has 1 aromatic carbocycles. The van der Waals surface area contributed by atoms with Gasteiger partial charge in [0, 0.05) is 5.69 Å². The predicted octanol–water partition coefficient (Wildman–Crippen LogP) is 4.00. The molecule has 1 amide bonds. The number of hydrogen-bond acceptors (Lipinski definition) is 2. The molecule has 1 N–H and O–H groups in total. The van der Waals surface area contributed by atoms with Crippen molar-refractivity contribution in [2.75, 3.05) is 5.32 Å². The Morgan fingerprint density at radius 2 is 2.00 bits per heavy atom. The topological polar surface area (TPSA) is 42.0 Å².